The van der Waals surface area contributed by atoms with Crippen molar-refractivity contribution in [2.75, 3.05) is 65.9 Å². The van der Waals surface area contributed by atoms with E-state index >= 15 is 0 Å². The normalized spacial score (nSPS) is 30.9. The summed E-state index contributed by atoms with van der Waals surface area (Å²) in [6.07, 6.45) is 27.3. The lowest BCUT2D eigenvalue weighted by Gasteiger charge is -2.31. The van der Waals surface area contributed by atoms with Gasteiger partial charge in [0, 0.05) is 31.7 Å². The molecule has 1 amide bonds. The predicted octanol–water partition coefficient (Wildman–Crippen LogP) is 11.2. The highest BCUT2D eigenvalue weighted by molar-refractivity contribution is 8.13. The molecule has 0 aliphatic heterocycles. The van der Waals surface area contributed by atoms with E-state index in [1.54, 1.807) is 30.6 Å². The Hall–Kier alpha value is -3.40. The highest BCUT2D eigenvalue weighted by Gasteiger charge is 2.40. The third kappa shape index (κ3) is 20.0. The van der Waals surface area contributed by atoms with E-state index in [1.807, 2.05) is 19.0 Å². The van der Waals surface area contributed by atoms with Gasteiger partial charge in [0.05, 0.1) is 17.8 Å². The zero-order chi connectivity index (χ0) is 54.5. The maximum absolute atomic E-state index is 13.5. The van der Waals surface area contributed by atoms with Gasteiger partial charge in [-0.2, -0.15) is 0 Å². The van der Waals surface area contributed by atoms with E-state index < -0.39 is 24.1 Å². The summed E-state index contributed by atoms with van der Waals surface area (Å²) in [6, 6.07) is 0. The summed E-state index contributed by atoms with van der Waals surface area (Å²) < 4.78 is 33.5. The van der Waals surface area contributed by atoms with Gasteiger partial charge in [0.15, 0.2) is 12.2 Å². The number of carbonyl (C=O) groups is 7. The number of hydrogen-bond acceptors (Lipinski definition) is 15. The van der Waals surface area contributed by atoms with Gasteiger partial charge in [0.1, 0.15) is 26.4 Å². The minimum Gasteiger partial charge on any atom is -0.464 e. The maximum atomic E-state index is 13.5. The summed E-state index contributed by atoms with van der Waals surface area (Å²) >= 11 is 1.19. The van der Waals surface area contributed by atoms with Crippen LogP contribution in [0.2, 0.25) is 0 Å². The molecule has 15 nitrogen and oxygen atoms in total. The van der Waals surface area contributed by atoms with Crippen molar-refractivity contribution >= 4 is 53.3 Å². The lowest BCUT2D eigenvalue weighted by Crippen LogP contribution is -2.35. The number of amides is 1. The standard InChI is InChI=1S/C51H80N2O13S.C10H18/c1-52(2)23-8-26-67-51(60)53(24-6-15-46(55)65-44(30-61-34-54)31-62-48(57)41-20-17-35-9-3-12-38(35)27-41)25-7-16-47(56)66-45(32-63-49(58)42-21-18-36-10-4-13-39(36)28-42)33-64-50(59)43-22-19-37-11-5-14-40(37)29-43;1-8-5-6-9-3-2-4-10(9)7-8/h34-45H,3-33H2,1-2H3;8-10H,2-7H2,1H3. The number of carbonyl (C=O) groups excluding carboxylic acids is 7. The first-order valence-electron chi connectivity index (χ1n) is 30.8. The molecule has 77 heavy (non-hydrogen) atoms. The number of rotatable bonds is 26. The van der Waals surface area contributed by atoms with Gasteiger partial charge in [-0.1, -0.05) is 102 Å². The summed E-state index contributed by atoms with van der Waals surface area (Å²) in [4.78, 5) is 94.1. The van der Waals surface area contributed by atoms with Crippen LogP contribution in [0.1, 0.15) is 193 Å². The second kappa shape index (κ2) is 32.1. The number of fused-ring (bicyclic) bond motifs is 4. The van der Waals surface area contributed by atoms with Gasteiger partial charge in [-0.15, -0.1) is 0 Å². The predicted molar refractivity (Wildman–Crippen MR) is 294 cm³/mol. The number of thioether (sulfide) groups is 1. The van der Waals surface area contributed by atoms with Crippen molar-refractivity contribution in [3.05, 3.63) is 0 Å². The number of esters is 5. The van der Waals surface area contributed by atoms with Crippen molar-refractivity contribution in [2.24, 2.45) is 71.0 Å². The smallest absolute Gasteiger partial charge is 0.309 e. The molecule has 8 rings (SSSR count). The van der Waals surface area contributed by atoms with E-state index in [2.05, 4.69) is 6.92 Å². The Kier molecular flexibility index (Phi) is 25.6. The number of ether oxygens (including phenoxy) is 6. The Balaban J connectivity index is 0.000000764. The molecule has 0 aromatic heterocycles. The highest BCUT2D eigenvalue weighted by Crippen LogP contribution is 2.47. The summed E-state index contributed by atoms with van der Waals surface area (Å²) in [5, 5.41) is -0.175. The summed E-state index contributed by atoms with van der Waals surface area (Å²) in [5.41, 5.74) is 0. The molecule has 0 saturated heterocycles. The van der Waals surface area contributed by atoms with Crippen LogP contribution in [0.3, 0.4) is 0 Å². The molecule has 0 bridgehead atoms. The van der Waals surface area contributed by atoms with Gasteiger partial charge in [-0.05, 0) is 164 Å². The number of hydrogen-bond donors (Lipinski definition) is 0. The average molecular weight is 1100 g/mol. The SMILES string of the molecule is CC1CCC2CCCC2C1.CN(C)CCCSC(=O)N(CCCC(=O)OC(COC=O)COC(=O)C1CCC2CCCC2C1)CCCC(=O)OC(COC(=O)C1CCC2CCCC2C1)COC(=O)C1CCC2CCCC2C1. The molecule has 8 fully saturated rings. The molecule has 0 N–H and O–H groups in total. The third-order valence-electron chi connectivity index (χ3n) is 19.5. The quantitative estimate of drug-likeness (QED) is 0.0345. The van der Waals surface area contributed by atoms with Gasteiger partial charge in [-0.25, -0.2) is 0 Å². The Labute approximate surface area is 465 Å². The zero-order valence-corrected chi connectivity index (χ0v) is 48.2. The van der Waals surface area contributed by atoms with Crippen LogP contribution in [0.4, 0.5) is 4.79 Å². The Morgan fingerprint density at radius 3 is 1.29 bits per heavy atom. The van der Waals surface area contributed by atoms with E-state index in [-0.39, 0.29) is 113 Å². The fourth-order valence-corrected chi connectivity index (χ4v) is 16.0. The van der Waals surface area contributed by atoms with E-state index in [0.29, 0.717) is 41.3 Å². The van der Waals surface area contributed by atoms with Gasteiger partial charge < -0.3 is 38.2 Å². The van der Waals surface area contributed by atoms with Crippen LogP contribution in [0.5, 0.6) is 0 Å². The van der Waals surface area contributed by atoms with Gasteiger partial charge in [-0.3, -0.25) is 33.6 Å². The summed E-state index contributed by atoms with van der Waals surface area (Å²) in [7, 11) is 3.94. The summed E-state index contributed by atoms with van der Waals surface area (Å²) in [6.45, 7) is 3.07. The van der Waals surface area contributed by atoms with Crippen molar-refractivity contribution in [3.8, 4) is 0 Å². The second-order valence-electron chi connectivity index (χ2n) is 25.3. The van der Waals surface area contributed by atoms with Crippen molar-refractivity contribution in [1.82, 2.24) is 9.80 Å². The zero-order valence-electron chi connectivity index (χ0n) is 47.4. The lowest BCUT2D eigenvalue weighted by atomic mass is 9.76. The molecular weight excluding hydrogens is 1000 g/mol. The van der Waals surface area contributed by atoms with Crippen molar-refractivity contribution in [3.63, 3.8) is 0 Å². The van der Waals surface area contributed by atoms with Crippen molar-refractivity contribution in [1.29, 1.82) is 0 Å². The van der Waals surface area contributed by atoms with Crippen LogP contribution in [0.25, 0.3) is 0 Å². The first-order valence-corrected chi connectivity index (χ1v) is 31.8. The fourth-order valence-electron chi connectivity index (χ4n) is 15.2. The van der Waals surface area contributed by atoms with E-state index in [4.69, 9.17) is 28.4 Å². The summed E-state index contributed by atoms with van der Waals surface area (Å²) in [5.74, 6) is 5.13. The largest absolute Gasteiger partial charge is 0.464 e. The molecule has 13 atom stereocenters. The first-order chi connectivity index (χ1) is 37.3. The number of nitrogens with zero attached hydrogens (tertiary/aromatic N) is 2. The Morgan fingerprint density at radius 2 is 0.870 bits per heavy atom. The molecule has 0 radical (unpaired) electrons. The highest BCUT2D eigenvalue weighted by atomic mass is 32.2. The average Bonchev–Trinajstić information content (AvgIpc) is 4.28. The molecular formula is C61H98N2O13S. The molecule has 0 aromatic rings. The van der Waals surface area contributed by atoms with Crippen LogP contribution in [0.15, 0.2) is 0 Å². The van der Waals surface area contributed by atoms with Crippen molar-refractivity contribution in [2.45, 2.75) is 205 Å². The van der Waals surface area contributed by atoms with Gasteiger partial charge in [0.2, 0.25) is 0 Å². The lowest BCUT2D eigenvalue weighted by molar-refractivity contribution is -0.171. The third-order valence-corrected chi connectivity index (χ3v) is 20.5. The Morgan fingerprint density at radius 1 is 0.481 bits per heavy atom. The van der Waals surface area contributed by atoms with Gasteiger partial charge >= 0.3 is 29.8 Å². The van der Waals surface area contributed by atoms with Crippen LogP contribution in [-0.2, 0) is 57.2 Å². The maximum Gasteiger partial charge on any atom is 0.309 e. The monoisotopic (exact) mass is 1100 g/mol. The molecule has 0 heterocycles. The molecule has 8 aliphatic rings. The van der Waals surface area contributed by atoms with Crippen LogP contribution >= 0.6 is 11.8 Å². The van der Waals surface area contributed by atoms with E-state index in [1.165, 1.54) is 63.1 Å². The molecule has 16 heteroatoms. The second-order valence-corrected chi connectivity index (χ2v) is 26.3. The van der Waals surface area contributed by atoms with Gasteiger partial charge in [0.25, 0.3) is 11.7 Å². The van der Waals surface area contributed by atoms with Crippen LogP contribution in [-0.4, -0.2) is 129 Å². The Bertz CT molecular complexity index is 1840. The molecule has 0 spiro atoms. The topological polar surface area (TPSA) is 181 Å². The molecule has 13 unspecified atom stereocenters. The van der Waals surface area contributed by atoms with Crippen LogP contribution in [0, 0.1) is 71.0 Å². The van der Waals surface area contributed by atoms with E-state index in [0.717, 1.165) is 108 Å². The molecule has 0 aromatic carbocycles. The molecule has 8 aliphatic carbocycles. The first kappa shape index (κ1) is 61.2. The minimum atomic E-state index is -0.963. The molecule has 436 valence electrons. The fraction of sp³-hybridized carbons (Fsp3) is 0.885. The minimum absolute atomic E-state index is 0.0356. The van der Waals surface area contributed by atoms with Crippen LogP contribution < -0.4 is 0 Å². The molecule has 8 saturated carbocycles. The van der Waals surface area contributed by atoms with E-state index in [9.17, 15) is 33.6 Å². The van der Waals surface area contributed by atoms with Crippen molar-refractivity contribution < 1.29 is 62.0 Å².